The first-order valence-corrected chi connectivity index (χ1v) is 6.03. The highest BCUT2D eigenvalue weighted by atomic mass is 16.4. The third-order valence-electron chi connectivity index (χ3n) is 3.16. The van der Waals surface area contributed by atoms with E-state index in [1.54, 1.807) is 6.92 Å². The van der Waals surface area contributed by atoms with Crippen molar-refractivity contribution in [2.45, 2.75) is 45.1 Å². The lowest BCUT2D eigenvalue weighted by atomic mass is 9.95. The molecule has 0 saturated heterocycles. The molecule has 1 fully saturated rings. The molecule has 1 aliphatic carbocycles. The first-order chi connectivity index (χ1) is 8.16. The maximum Gasteiger partial charge on any atom is 0.322 e. The van der Waals surface area contributed by atoms with Crippen LogP contribution in [0.3, 0.4) is 0 Å². The van der Waals surface area contributed by atoms with Crippen molar-refractivity contribution in [1.29, 1.82) is 0 Å². The Morgan fingerprint density at radius 3 is 2.82 bits per heavy atom. The molecule has 3 N–H and O–H groups in total. The van der Waals surface area contributed by atoms with Crippen LogP contribution in [0.1, 0.15) is 38.0 Å². The number of aryl methyl sites for hydroxylation is 1. The molecular formula is C11H18N4O2. The van der Waals surface area contributed by atoms with Crippen molar-refractivity contribution in [3.05, 3.63) is 5.89 Å². The molecule has 0 radical (unpaired) electrons. The van der Waals surface area contributed by atoms with Gasteiger partial charge in [-0.3, -0.25) is 10.1 Å². The fraction of sp³-hybridized carbons (Fsp3) is 0.727. The van der Waals surface area contributed by atoms with Gasteiger partial charge >= 0.3 is 6.01 Å². The summed E-state index contributed by atoms with van der Waals surface area (Å²) < 4.78 is 5.12. The first kappa shape index (κ1) is 12.0. The van der Waals surface area contributed by atoms with Crippen molar-refractivity contribution < 1.29 is 9.21 Å². The number of anilines is 1. The zero-order valence-electron chi connectivity index (χ0n) is 9.98. The van der Waals surface area contributed by atoms with Gasteiger partial charge in [-0.1, -0.05) is 24.4 Å². The van der Waals surface area contributed by atoms with Crippen molar-refractivity contribution in [3.63, 3.8) is 0 Å². The zero-order valence-corrected chi connectivity index (χ0v) is 9.98. The van der Waals surface area contributed by atoms with Gasteiger partial charge in [0.05, 0.1) is 5.92 Å². The summed E-state index contributed by atoms with van der Waals surface area (Å²) >= 11 is 0. The van der Waals surface area contributed by atoms with Crippen molar-refractivity contribution >= 4 is 11.9 Å². The molecule has 1 heterocycles. The number of nitrogens with two attached hydrogens (primary N) is 1. The van der Waals surface area contributed by atoms with Gasteiger partial charge in [-0.05, 0) is 12.8 Å². The molecule has 94 valence electrons. The molecule has 17 heavy (non-hydrogen) atoms. The summed E-state index contributed by atoms with van der Waals surface area (Å²) in [5, 5.41) is 10.0. The average molecular weight is 238 g/mol. The van der Waals surface area contributed by atoms with Crippen molar-refractivity contribution in [2.24, 2.45) is 11.7 Å². The molecule has 1 aliphatic rings. The summed E-state index contributed by atoms with van der Waals surface area (Å²) in [6.45, 7) is 1.68. The second-order valence-electron chi connectivity index (χ2n) is 4.52. The fourth-order valence-electron chi connectivity index (χ4n) is 2.21. The van der Waals surface area contributed by atoms with Crippen molar-refractivity contribution in [1.82, 2.24) is 10.2 Å². The van der Waals surface area contributed by atoms with Gasteiger partial charge in [-0.2, -0.15) is 0 Å². The number of rotatable bonds is 2. The molecule has 1 aromatic rings. The minimum Gasteiger partial charge on any atom is -0.408 e. The van der Waals surface area contributed by atoms with Crippen LogP contribution in [0.15, 0.2) is 4.42 Å². The molecule has 2 rings (SSSR count). The lowest BCUT2D eigenvalue weighted by molar-refractivity contribution is -0.120. The third-order valence-corrected chi connectivity index (χ3v) is 3.16. The summed E-state index contributed by atoms with van der Waals surface area (Å²) in [6, 6.07) is 0.0884. The highest BCUT2D eigenvalue weighted by molar-refractivity contribution is 5.91. The van der Waals surface area contributed by atoms with Crippen LogP contribution in [0.5, 0.6) is 0 Å². The van der Waals surface area contributed by atoms with E-state index in [0.717, 1.165) is 32.1 Å². The van der Waals surface area contributed by atoms with Gasteiger partial charge < -0.3 is 10.2 Å². The number of nitrogens with zero attached hydrogens (tertiary/aromatic N) is 2. The number of amides is 1. The van der Waals surface area contributed by atoms with E-state index in [2.05, 4.69) is 15.5 Å². The van der Waals surface area contributed by atoms with Gasteiger partial charge in [0.25, 0.3) is 0 Å². The molecule has 1 saturated carbocycles. The number of carbonyl (C=O) groups excluding carboxylic acids is 1. The average Bonchev–Trinajstić information content (AvgIpc) is 2.57. The second-order valence-corrected chi connectivity index (χ2v) is 4.52. The van der Waals surface area contributed by atoms with Crippen LogP contribution < -0.4 is 11.1 Å². The maximum atomic E-state index is 12.0. The Morgan fingerprint density at radius 2 is 2.12 bits per heavy atom. The topological polar surface area (TPSA) is 94.0 Å². The van der Waals surface area contributed by atoms with Crippen LogP contribution in [0.2, 0.25) is 0 Å². The van der Waals surface area contributed by atoms with Gasteiger partial charge in [-0.25, -0.2) is 0 Å². The monoisotopic (exact) mass is 238 g/mol. The Kier molecular flexibility index (Phi) is 3.73. The quantitative estimate of drug-likeness (QED) is 0.755. The van der Waals surface area contributed by atoms with Crippen LogP contribution in [0.25, 0.3) is 0 Å². The molecule has 0 aromatic carbocycles. The van der Waals surface area contributed by atoms with E-state index in [-0.39, 0.29) is 23.9 Å². The Labute approximate surface area is 100.0 Å². The number of hydrogen-bond acceptors (Lipinski definition) is 5. The van der Waals surface area contributed by atoms with Gasteiger partial charge in [0, 0.05) is 13.0 Å². The summed E-state index contributed by atoms with van der Waals surface area (Å²) in [4.78, 5) is 12.0. The molecule has 1 aromatic heterocycles. The predicted molar refractivity (Wildman–Crippen MR) is 62.2 cm³/mol. The lowest BCUT2D eigenvalue weighted by Crippen LogP contribution is -2.37. The SMILES string of the molecule is Cc1nnc(NC(=O)C2CCCCCC2N)o1. The van der Waals surface area contributed by atoms with E-state index < -0.39 is 0 Å². The summed E-state index contributed by atoms with van der Waals surface area (Å²) in [5.41, 5.74) is 6.01. The van der Waals surface area contributed by atoms with Crippen LogP contribution >= 0.6 is 0 Å². The molecule has 1 amide bonds. The van der Waals surface area contributed by atoms with Crippen LogP contribution in [0, 0.1) is 12.8 Å². The van der Waals surface area contributed by atoms with Crippen LogP contribution in [0.4, 0.5) is 6.01 Å². The molecule has 2 atom stereocenters. The standard InChI is InChI=1S/C11H18N4O2/c1-7-14-15-11(17-7)13-10(16)8-5-3-2-4-6-9(8)12/h8-9H,2-6,12H2,1H3,(H,13,15,16). The largest absolute Gasteiger partial charge is 0.408 e. The Bertz CT molecular complexity index is 391. The van der Waals surface area contributed by atoms with Gasteiger partial charge in [0.1, 0.15) is 0 Å². The van der Waals surface area contributed by atoms with E-state index in [1.165, 1.54) is 0 Å². The molecular weight excluding hydrogens is 220 g/mol. The van der Waals surface area contributed by atoms with Crippen molar-refractivity contribution in [3.8, 4) is 0 Å². The third kappa shape index (κ3) is 3.03. The highest BCUT2D eigenvalue weighted by Gasteiger charge is 2.27. The van der Waals surface area contributed by atoms with E-state index in [1.807, 2.05) is 0 Å². The summed E-state index contributed by atoms with van der Waals surface area (Å²) in [7, 11) is 0. The van der Waals surface area contributed by atoms with Crippen molar-refractivity contribution in [2.75, 3.05) is 5.32 Å². The Balaban J connectivity index is 1.98. The molecule has 0 spiro atoms. The molecule has 6 heteroatoms. The summed E-state index contributed by atoms with van der Waals surface area (Å²) in [5.74, 6) is 0.179. The fourth-order valence-corrected chi connectivity index (χ4v) is 2.21. The molecule has 2 unspecified atom stereocenters. The predicted octanol–water partition coefficient (Wildman–Crippen LogP) is 1.22. The van der Waals surface area contributed by atoms with Crippen LogP contribution in [-0.4, -0.2) is 22.1 Å². The second kappa shape index (κ2) is 5.27. The molecule has 0 aliphatic heterocycles. The molecule has 0 bridgehead atoms. The maximum absolute atomic E-state index is 12.0. The van der Waals surface area contributed by atoms with Crippen LogP contribution in [-0.2, 0) is 4.79 Å². The zero-order chi connectivity index (χ0) is 12.3. The lowest BCUT2D eigenvalue weighted by Gasteiger charge is -2.19. The Hall–Kier alpha value is -1.43. The first-order valence-electron chi connectivity index (χ1n) is 6.03. The van der Waals surface area contributed by atoms with E-state index >= 15 is 0 Å². The number of carbonyl (C=O) groups is 1. The van der Waals surface area contributed by atoms with E-state index in [9.17, 15) is 4.79 Å². The normalized spacial score (nSPS) is 25.3. The van der Waals surface area contributed by atoms with E-state index in [0.29, 0.717) is 5.89 Å². The van der Waals surface area contributed by atoms with Gasteiger partial charge in [0.2, 0.25) is 11.8 Å². The highest BCUT2D eigenvalue weighted by Crippen LogP contribution is 2.23. The van der Waals surface area contributed by atoms with Gasteiger partial charge in [0.15, 0.2) is 0 Å². The number of nitrogens with one attached hydrogen (secondary N) is 1. The summed E-state index contributed by atoms with van der Waals surface area (Å²) in [6.07, 6.45) is 5.04. The Morgan fingerprint density at radius 1 is 1.35 bits per heavy atom. The number of hydrogen-bond donors (Lipinski definition) is 2. The van der Waals surface area contributed by atoms with Gasteiger partial charge in [-0.15, -0.1) is 5.10 Å². The smallest absolute Gasteiger partial charge is 0.322 e. The minimum atomic E-state index is -0.148. The molecule has 6 nitrogen and oxygen atoms in total. The number of aromatic nitrogens is 2. The van der Waals surface area contributed by atoms with E-state index in [4.69, 9.17) is 10.2 Å². The minimum absolute atomic E-state index is 0.0680.